The van der Waals surface area contributed by atoms with E-state index < -0.39 is 0 Å². The number of rotatable bonds is 4. The Morgan fingerprint density at radius 1 is 1.11 bits per heavy atom. The molecule has 0 bridgehead atoms. The second-order valence-corrected chi connectivity index (χ2v) is 9.63. The fourth-order valence-electron chi connectivity index (χ4n) is 3.53. The lowest BCUT2D eigenvalue weighted by Gasteiger charge is -2.33. The van der Waals surface area contributed by atoms with Gasteiger partial charge in [-0.2, -0.15) is 0 Å². The molecule has 1 aliphatic carbocycles. The maximum atomic E-state index is 12.4. The van der Waals surface area contributed by atoms with Crippen LogP contribution in [0.1, 0.15) is 40.0 Å². The maximum absolute atomic E-state index is 12.4. The van der Waals surface area contributed by atoms with Crippen LogP contribution in [0.4, 0.5) is 5.13 Å². The predicted molar refractivity (Wildman–Crippen MR) is 109 cm³/mol. The van der Waals surface area contributed by atoms with E-state index in [4.69, 9.17) is 4.98 Å². The van der Waals surface area contributed by atoms with Gasteiger partial charge in [0, 0.05) is 37.0 Å². The summed E-state index contributed by atoms with van der Waals surface area (Å²) in [5.41, 5.74) is 1.03. The minimum atomic E-state index is -0.0167. The quantitative estimate of drug-likeness (QED) is 0.723. The number of nitrogens with zero attached hydrogens (tertiary/aromatic N) is 5. The van der Waals surface area contributed by atoms with Crippen LogP contribution in [0.15, 0.2) is 4.79 Å². The molecule has 5 rings (SSSR count). The number of anilines is 1. The number of aromatic amines is 1. The lowest BCUT2D eigenvalue weighted by Crippen LogP contribution is -2.46. The zero-order valence-electron chi connectivity index (χ0n) is 15.5. The molecule has 1 N–H and O–H groups in total. The van der Waals surface area contributed by atoms with E-state index in [-0.39, 0.29) is 5.56 Å². The Bertz CT molecular complexity index is 1040. The molecule has 1 saturated heterocycles. The van der Waals surface area contributed by atoms with Crippen LogP contribution in [0, 0.1) is 13.8 Å². The number of H-pyrrole nitrogens is 1. The molecule has 0 atom stereocenters. The van der Waals surface area contributed by atoms with Gasteiger partial charge in [-0.25, -0.2) is 4.98 Å². The highest BCUT2D eigenvalue weighted by atomic mass is 32.1. The van der Waals surface area contributed by atoms with Crippen LogP contribution in [0.2, 0.25) is 0 Å². The van der Waals surface area contributed by atoms with Crippen molar-refractivity contribution in [2.45, 2.75) is 39.2 Å². The van der Waals surface area contributed by atoms with Crippen molar-refractivity contribution in [2.24, 2.45) is 0 Å². The topological polar surface area (TPSA) is 78.0 Å². The summed E-state index contributed by atoms with van der Waals surface area (Å²) in [5, 5.41) is 11.7. The number of aromatic nitrogens is 4. The molecule has 7 nitrogen and oxygen atoms in total. The van der Waals surface area contributed by atoms with Gasteiger partial charge in [0.15, 0.2) is 0 Å². The van der Waals surface area contributed by atoms with E-state index in [1.807, 2.05) is 13.8 Å². The Labute approximate surface area is 165 Å². The number of fused-ring (bicyclic) bond motifs is 1. The third kappa shape index (κ3) is 3.28. The molecule has 1 aliphatic heterocycles. The molecule has 0 unspecified atom stereocenters. The molecule has 9 heteroatoms. The largest absolute Gasteiger partial charge is 0.344 e. The van der Waals surface area contributed by atoms with Gasteiger partial charge < -0.3 is 9.88 Å². The molecule has 1 saturated carbocycles. The number of hydrogen-bond donors (Lipinski definition) is 1. The minimum absolute atomic E-state index is 0.0167. The van der Waals surface area contributed by atoms with Crippen LogP contribution in [-0.2, 0) is 6.54 Å². The Hall–Kier alpha value is -1.84. The van der Waals surface area contributed by atoms with Crippen molar-refractivity contribution in [2.75, 3.05) is 31.1 Å². The summed E-state index contributed by atoms with van der Waals surface area (Å²) in [6, 6.07) is 0. The zero-order valence-corrected chi connectivity index (χ0v) is 17.1. The van der Waals surface area contributed by atoms with Gasteiger partial charge in [-0.15, -0.1) is 21.5 Å². The summed E-state index contributed by atoms with van der Waals surface area (Å²) in [6.07, 6.45) is 2.53. The summed E-state index contributed by atoms with van der Waals surface area (Å²) in [7, 11) is 0. The van der Waals surface area contributed by atoms with Crippen LogP contribution in [-0.4, -0.2) is 51.2 Å². The first-order chi connectivity index (χ1) is 13.1. The Balaban J connectivity index is 1.26. The van der Waals surface area contributed by atoms with Crippen molar-refractivity contribution in [3.05, 3.63) is 31.6 Å². The lowest BCUT2D eigenvalue weighted by molar-refractivity contribution is 0.244. The molecule has 27 heavy (non-hydrogen) atoms. The van der Waals surface area contributed by atoms with Crippen molar-refractivity contribution in [3.8, 4) is 0 Å². The molecule has 2 aliphatic rings. The van der Waals surface area contributed by atoms with E-state index in [1.165, 1.54) is 17.8 Å². The first-order valence-electron chi connectivity index (χ1n) is 9.38. The summed E-state index contributed by atoms with van der Waals surface area (Å²) in [6.45, 7) is 8.45. The van der Waals surface area contributed by atoms with Gasteiger partial charge in [0.2, 0.25) is 5.13 Å². The molecule has 0 spiro atoms. The van der Waals surface area contributed by atoms with Crippen molar-refractivity contribution in [1.82, 2.24) is 25.1 Å². The molecule has 3 aromatic rings. The van der Waals surface area contributed by atoms with E-state index in [2.05, 4.69) is 25.0 Å². The van der Waals surface area contributed by atoms with Crippen molar-refractivity contribution in [3.63, 3.8) is 0 Å². The average Bonchev–Trinajstić information content (AvgIpc) is 3.31. The standard InChI is InChI=1S/C18H22N6OS2/c1-10-11(2)26-17-14(10)15(25)19-13(20-17)9-23-5-7-24(8-6-23)18-22-21-16(27-18)12-3-4-12/h12H,3-9H2,1-2H3,(H,19,20,25). The van der Waals surface area contributed by atoms with Gasteiger partial charge in [0.25, 0.3) is 5.56 Å². The Kier molecular flexibility index (Phi) is 4.25. The first-order valence-corrected chi connectivity index (χ1v) is 11.0. The number of thiophene rings is 1. The van der Waals surface area contributed by atoms with E-state index in [9.17, 15) is 4.79 Å². The minimum Gasteiger partial charge on any atom is -0.344 e. The van der Waals surface area contributed by atoms with Crippen molar-refractivity contribution in [1.29, 1.82) is 0 Å². The smallest absolute Gasteiger partial charge is 0.259 e. The molecule has 142 valence electrons. The van der Waals surface area contributed by atoms with E-state index in [0.29, 0.717) is 12.5 Å². The van der Waals surface area contributed by atoms with Crippen LogP contribution >= 0.6 is 22.7 Å². The Morgan fingerprint density at radius 3 is 2.63 bits per heavy atom. The fourth-order valence-corrected chi connectivity index (χ4v) is 5.65. The monoisotopic (exact) mass is 402 g/mol. The summed E-state index contributed by atoms with van der Waals surface area (Å²) in [5.74, 6) is 1.43. The molecule has 0 radical (unpaired) electrons. The molecule has 2 fully saturated rings. The Morgan fingerprint density at radius 2 is 1.89 bits per heavy atom. The summed E-state index contributed by atoms with van der Waals surface area (Å²) >= 11 is 3.35. The third-order valence-corrected chi connectivity index (χ3v) is 7.71. The number of hydrogen-bond acceptors (Lipinski definition) is 8. The van der Waals surface area contributed by atoms with Gasteiger partial charge in [-0.1, -0.05) is 11.3 Å². The average molecular weight is 403 g/mol. The normalized spacial score (nSPS) is 18.5. The number of nitrogens with one attached hydrogen (secondary N) is 1. The van der Waals surface area contributed by atoms with E-state index >= 15 is 0 Å². The van der Waals surface area contributed by atoms with Gasteiger partial charge in [-0.3, -0.25) is 9.69 Å². The van der Waals surface area contributed by atoms with Gasteiger partial charge >= 0.3 is 0 Å². The second-order valence-electron chi connectivity index (χ2n) is 7.44. The molecule has 3 aromatic heterocycles. The molecule has 4 heterocycles. The second kappa shape index (κ2) is 6.65. The van der Waals surface area contributed by atoms with E-state index in [1.54, 1.807) is 22.7 Å². The molecule has 0 aromatic carbocycles. The fraction of sp³-hybridized carbons (Fsp3) is 0.556. The van der Waals surface area contributed by atoms with Crippen molar-refractivity contribution < 1.29 is 0 Å². The van der Waals surface area contributed by atoms with Gasteiger partial charge in [-0.05, 0) is 32.3 Å². The zero-order chi connectivity index (χ0) is 18.5. The highest BCUT2D eigenvalue weighted by Gasteiger charge is 2.29. The third-order valence-electron chi connectivity index (χ3n) is 5.46. The predicted octanol–water partition coefficient (Wildman–Crippen LogP) is 2.65. The molecular formula is C18H22N6OS2. The lowest BCUT2D eigenvalue weighted by atomic mass is 10.2. The highest BCUT2D eigenvalue weighted by molar-refractivity contribution is 7.18. The highest BCUT2D eigenvalue weighted by Crippen LogP contribution is 2.42. The van der Waals surface area contributed by atoms with Crippen LogP contribution < -0.4 is 10.5 Å². The SMILES string of the molecule is Cc1sc2nc(CN3CCN(c4nnc(C5CC5)s4)CC3)[nH]c(=O)c2c1C. The van der Waals surface area contributed by atoms with Gasteiger partial charge in [0.1, 0.15) is 15.7 Å². The molecule has 0 amide bonds. The first kappa shape index (κ1) is 17.3. The summed E-state index contributed by atoms with van der Waals surface area (Å²) < 4.78 is 0. The van der Waals surface area contributed by atoms with Crippen LogP contribution in [0.25, 0.3) is 10.2 Å². The van der Waals surface area contributed by atoms with Gasteiger partial charge in [0.05, 0.1) is 11.9 Å². The summed E-state index contributed by atoms with van der Waals surface area (Å²) in [4.78, 5) is 26.8. The number of aryl methyl sites for hydroxylation is 2. The number of piperazine rings is 1. The van der Waals surface area contributed by atoms with Crippen LogP contribution in [0.3, 0.4) is 0 Å². The van der Waals surface area contributed by atoms with Crippen molar-refractivity contribution >= 4 is 38.0 Å². The maximum Gasteiger partial charge on any atom is 0.259 e. The van der Waals surface area contributed by atoms with Crippen LogP contribution in [0.5, 0.6) is 0 Å². The van der Waals surface area contributed by atoms with E-state index in [0.717, 1.165) is 57.8 Å². The molecular weight excluding hydrogens is 380 g/mol.